The van der Waals surface area contributed by atoms with Gasteiger partial charge in [-0.25, -0.2) is 4.39 Å². The molecule has 2 aromatic rings. The second-order valence-electron chi connectivity index (χ2n) is 4.58. The van der Waals surface area contributed by atoms with Gasteiger partial charge < -0.3 is 9.84 Å². The van der Waals surface area contributed by atoms with Crippen LogP contribution in [-0.2, 0) is 6.42 Å². The van der Waals surface area contributed by atoms with Crippen LogP contribution in [0.25, 0.3) is 0 Å². The molecule has 0 fully saturated rings. The van der Waals surface area contributed by atoms with Crippen LogP contribution in [0.2, 0.25) is 0 Å². The van der Waals surface area contributed by atoms with Gasteiger partial charge in [0.1, 0.15) is 11.6 Å². The molecule has 2 nitrogen and oxygen atoms in total. The fourth-order valence-electron chi connectivity index (χ4n) is 2.05. The Morgan fingerprint density at radius 3 is 2.68 bits per heavy atom. The Morgan fingerprint density at radius 2 is 2.00 bits per heavy atom. The van der Waals surface area contributed by atoms with Crippen LogP contribution in [0.3, 0.4) is 0 Å². The largest absolute Gasteiger partial charge is 0.496 e. The fourth-order valence-corrected chi connectivity index (χ4v) is 2.05. The molecule has 1 N–H and O–H groups in total. The van der Waals surface area contributed by atoms with Crippen molar-refractivity contribution < 1.29 is 14.2 Å². The Balaban J connectivity index is 2.18. The van der Waals surface area contributed by atoms with Gasteiger partial charge in [-0.1, -0.05) is 24.3 Å². The minimum atomic E-state index is -0.670. The third kappa shape index (κ3) is 3.32. The number of hydrogen-bond donors (Lipinski definition) is 1. The van der Waals surface area contributed by atoms with Gasteiger partial charge in [0.15, 0.2) is 0 Å². The second kappa shape index (κ2) is 5.85. The third-order valence-corrected chi connectivity index (χ3v) is 3.13. The molecule has 100 valence electrons. The molecule has 2 rings (SSSR count). The maximum atomic E-state index is 13.1. The Bertz CT molecular complexity index is 566. The average molecular weight is 260 g/mol. The van der Waals surface area contributed by atoms with Crippen molar-refractivity contribution in [3.05, 3.63) is 65.0 Å². The summed E-state index contributed by atoms with van der Waals surface area (Å²) in [5, 5.41) is 10.2. The van der Waals surface area contributed by atoms with Gasteiger partial charge in [0.2, 0.25) is 0 Å². The smallest absolute Gasteiger partial charge is 0.123 e. The van der Waals surface area contributed by atoms with E-state index in [1.807, 2.05) is 25.1 Å². The molecule has 0 amide bonds. The molecule has 0 aliphatic carbocycles. The van der Waals surface area contributed by atoms with Crippen molar-refractivity contribution in [2.45, 2.75) is 19.4 Å². The molecule has 0 aliphatic rings. The van der Waals surface area contributed by atoms with E-state index in [1.165, 1.54) is 12.1 Å². The van der Waals surface area contributed by atoms with Crippen molar-refractivity contribution in [1.82, 2.24) is 0 Å². The second-order valence-corrected chi connectivity index (χ2v) is 4.58. The van der Waals surface area contributed by atoms with Crippen LogP contribution < -0.4 is 4.74 Å². The maximum absolute atomic E-state index is 13.1. The molecular formula is C16H17FO2. The first-order chi connectivity index (χ1) is 9.10. The Hall–Kier alpha value is -1.87. The monoisotopic (exact) mass is 260 g/mol. The molecule has 19 heavy (non-hydrogen) atoms. The molecular weight excluding hydrogens is 243 g/mol. The number of aliphatic hydroxyl groups is 1. The molecule has 1 unspecified atom stereocenters. The van der Waals surface area contributed by atoms with E-state index in [0.717, 1.165) is 22.4 Å². The van der Waals surface area contributed by atoms with Gasteiger partial charge in [-0.05, 0) is 41.8 Å². The van der Waals surface area contributed by atoms with Crippen molar-refractivity contribution in [1.29, 1.82) is 0 Å². The van der Waals surface area contributed by atoms with Crippen LogP contribution >= 0.6 is 0 Å². The minimum Gasteiger partial charge on any atom is -0.496 e. The lowest BCUT2D eigenvalue weighted by molar-refractivity contribution is 0.178. The van der Waals surface area contributed by atoms with E-state index in [0.29, 0.717) is 6.42 Å². The summed E-state index contributed by atoms with van der Waals surface area (Å²) in [6, 6.07) is 11.9. The molecule has 0 aromatic heterocycles. The van der Waals surface area contributed by atoms with Gasteiger partial charge in [0.05, 0.1) is 13.2 Å². The Morgan fingerprint density at radius 1 is 1.21 bits per heavy atom. The summed E-state index contributed by atoms with van der Waals surface area (Å²) >= 11 is 0. The number of aryl methyl sites for hydroxylation is 1. The van der Waals surface area contributed by atoms with Gasteiger partial charge in [0, 0.05) is 6.42 Å². The zero-order valence-corrected chi connectivity index (χ0v) is 11.1. The molecule has 0 heterocycles. The van der Waals surface area contributed by atoms with Crippen molar-refractivity contribution >= 4 is 0 Å². The van der Waals surface area contributed by atoms with Gasteiger partial charge >= 0.3 is 0 Å². The minimum absolute atomic E-state index is 0.286. The number of halogens is 1. The highest BCUT2D eigenvalue weighted by atomic mass is 19.1. The summed E-state index contributed by atoms with van der Waals surface area (Å²) in [6.45, 7) is 1.95. The number of ether oxygens (including phenoxy) is 1. The van der Waals surface area contributed by atoms with E-state index in [1.54, 1.807) is 19.2 Å². The molecule has 2 aromatic carbocycles. The van der Waals surface area contributed by atoms with E-state index in [-0.39, 0.29) is 5.82 Å². The highest BCUT2D eigenvalue weighted by Gasteiger charge is 2.11. The van der Waals surface area contributed by atoms with E-state index >= 15 is 0 Å². The number of methoxy groups -OCH3 is 1. The fraction of sp³-hybridized carbons (Fsp3) is 0.250. The molecule has 0 saturated heterocycles. The molecule has 3 heteroatoms. The standard InChI is InChI=1S/C16H17FO2/c1-11-6-7-13(10-16(11)19-2)15(18)9-12-4-3-5-14(17)8-12/h3-8,10,15,18H,9H2,1-2H3. The first-order valence-corrected chi connectivity index (χ1v) is 6.17. The average Bonchev–Trinajstić information content (AvgIpc) is 2.39. The van der Waals surface area contributed by atoms with Crippen molar-refractivity contribution in [2.24, 2.45) is 0 Å². The van der Waals surface area contributed by atoms with Crippen LogP contribution in [0, 0.1) is 12.7 Å². The zero-order valence-electron chi connectivity index (χ0n) is 11.1. The summed E-state index contributed by atoms with van der Waals surface area (Å²) in [4.78, 5) is 0. The van der Waals surface area contributed by atoms with Crippen LogP contribution in [0.4, 0.5) is 4.39 Å². The lowest BCUT2D eigenvalue weighted by atomic mass is 10.00. The number of hydrogen-bond acceptors (Lipinski definition) is 2. The van der Waals surface area contributed by atoms with Crippen molar-refractivity contribution in [2.75, 3.05) is 7.11 Å². The zero-order chi connectivity index (χ0) is 13.8. The lowest BCUT2D eigenvalue weighted by Crippen LogP contribution is -2.03. The summed E-state index contributed by atoms with van der Waals surface area (Å²) in [5.41, 5.74) is 2.56. The molecule has 0 spiro atoms. The first kappa shape index (κ1) is 13.6. The topological polar surface area (TPSA) is 29.5 Å². The lowest BCUT2D eigenvalue weighted by Gasteiger charge is -2.13. The van der Waals surface area contributed by atoms with Crippen LogP contribution in [0.1, 0.15) is 22.8 Å². The van der Waals surface area contributed by atoms with E-state index < -0.39 is 6.10 Å². The highest BCUT2D eigenvalue weighted by Crippen LogP contribution is 2.25. The van der Waals surface area contributed by atoms with E-state index in [2.05, 4.69) is 0 Å². The maximum Gasteiger partial charge on any atom is 0.123 e. The summed E-state index contributed by atoms with van der Waals surface area (Å²) in [6.07, 6.45) is -0.291. The van der Waals surface area contributed by atoms with E-state index in [9.17, 15) is 9.50 Å². The normalized spacial score (nSPS) is 12.2. The number of benzene rings is 2. The summed E-state index contributed by atoms with van der Waals surface area (Å²) < 4.78 is 18.3. The van der Waals surface area contributed by atoms with Crippen molar-refractivity contribution in [3.8, 4) is 5.75 Å². The van der Waals surface area contributed by atoms with Gasteiger partial charge in [0.25, 0.3) is 0 Å². The number of rotatable bonds is 4. The van der Waals surface area contributed by atoms with Gasteiger partial charge in [-0.3, -0.25) is 0 Å². The molecule has 0 bridgehead atoms. The molecule has 0 saturated carbocycles. The molecule has 0 radical (unpaired) electrons. The highest BCUT2D eigenvalue weighted by molar-refractivity contribution is 5.37. The summed E-state index contributed by atoms with van der Waals surface area (Å²) in [5.74, 6) is 0.460. The third-order valence-electron chi connectivity index (χ3n) is 3.13. The molecule has 0 aliphatic heterocycles. The van der Waals surface area contributed by atoms with Crippen LogP contribution in [-0.4, -0.2) is 12.2 Å². The predicted molar refractivity (Wildman–Crippen MR) is 72.8 cm³/mol. The summed E-state index contributed by atoms with van der Waals surface area (Å²) in [7, 11) is 1.60. The number of aliphatic hydroxyl groups excluding tert-OH is 1. The van der Waals surface area contributed by atoms with E-state index in [4.69, 9.17) is 4.74 Å². The van der Waals surface area contributed by atoms with Crippen LogP contribution in [0.15, 0.2) is 42.5 Å². The SMILES string of the molecule is COc1cc(C(O)Cc2cccc(F)c2)ccc1C. The van der Waals surface area contributed by atoms with Gasteiger partial charge in [-0.2, -0.15) is 0 Å². The quantitative estimate of drug-likeness (QED) is 0.912. The first-order valence-electron chi connectivity index (χ1n) is 6.17. The predicted octanol–water partition coefficient (Wildman–Crippen LogP) is 3.42. The van der Waals surface area contributed by atoms with Gasteiger partial charge in [-0.15, -0.1) is 0 Å². The Kier molecular flexibility index (Phi) is 4.17. The Labute approximate surface area is 112 Å². The molecule has 1 atom stereocenters. The van der Waals surface area contributed by atoms with Crippen molar-refractivity contribution in [3.63, 3.8) is 0 Å². The van der Waals surface area contributed by atoms with Crippen LogP contribution in [0.5, 0.6) is 5.75 Å².